The molecule has 2 aromatic carbocycles. The third-order valence-corrected chi connectivity index (χ3v) is 4.99. The molecular weight excluding hydrogens is 376 g/mol. The van der Waals surface area contributed by atoms with Gasteiger partial charge in [-0.3, -0.25) is 9.13 Å². The molecule has 0 atom stereocenters. The van der Waals surface area contributed by atoms with Crippen molar-refractivity contribution in [3.05, 3.63) is 106 Å². The zero-order chi connectivity index (χ0) is 21.5. The number of imidazole rings is 1. The molecule has 0 unspecified atom stereocenters. The van der Waals surface area contributed by atoms with Crippen LogP contribution >= 0.6 is 0 Å². The van der Waals surface area contributed by atoms with E-state index in [9.17, 15) is 14.7 Å². The first-order valence-electron chi connectivity index (χ1n) is 9.98. The van der Waals surface area contributed by atoms with Gasteiger partial charge in [0.2, 0.25) is 0 Å². The Hall–Kier alpha value is -3.60. The molecule has 0 spiro atoms. The van der Waals surface area contributed by atoms with E-state index in [1.165, 1.54) is 0 Å². The molecule has 0 amide bonds. The van der Waals surface area contributed by atoms with E-state index >= 15 is 0 Å². The highest BCUT2D eigenvalue weighted by Crippen LogP contribution is 2.24. The number of carboxylic acid groups (broad SMARTS) is 1. The van der Waals surface area contributed by atoms with Gasteiger partial charge in [0.15, 0.2) is 0 Å². The van der Waals surface area contributed by atoms with Crippen LogP contribution in [0.2, 0.25) is 0 Å². The number of aromatic carboxylic acids is 1. The topological polar surface area (TPSA) is 64.2 Å². The van der Waals surface area contributed by atoms with Gasteiger partial charge in [-0.15, -0.1) is 0 Å². The van der Waals surface area contributed by atoms with Crippen LogP contribution in [-0.4, -0.2) is 20.2 Å². The maximum absolute atomic E-state index is 12.9. The molecule has 30 heavy (non-hydrogen) atoms. The number of carbonyl (C=O) groups is 1. The van der Waals surface area contributed by atoms with Crippen LogP contribution in [0.15, 0.2) is 83.8 Å². The lowest BCUT2D eigenvalue weighted by atomic mass is 9.99. The highest BCUT2D eigenvalue weighted by atomic mass is 16.4. The van der Waals surface area contributed by atoms with Gasteiger partial charge in [-0.25, -0.2) is 9.59 Å². The number of rotatable bonds is 8. The summed E-state index contributed by atoms with van der Waals surface area (Å²) < 4.78 is 3.51. The first kappa shape index (κ1) is 21.1. The highest BCUT2D eigenvalue weighted by molar-refractivity contribution is 5.95. The van der Waals surface area contributed by atoms with Gasteiger partial charge in [-0.2, -0.15) is 0 Å². The molecule has 0 radical (unpaired) electrons. The Kier molecular flexibility index (Phi) is 6.86. The molecule has 5 heteroatoms. The Morgan fingerprint density at radius 1 is 1.00 bits per heavy atom. The van der Waals surface area contributed by atoms with Crippen molar-refractivity contribution in [2.24, 2.45) is 0 Å². The first-order chi connectivity index (χ1) is 14.5. The molecule has 0 saturated carbocycles. The van der Waals surface area contributed by atoms with Crippen LogP contribution in [0.3, 0.4) is 0 Å². The Morgan fingerprint density at radius 2 is 1.70 bits per heavy atom. The van der Waals surface area contributed by atoms with Crippen LogP contribution in [-0.2, 0) is 19.5 Å². The van der Waals surface area contributed by atoms with E-state index in [0.29, 0.717) is 25.1 Å². The molecule has 0 aliphatic carbocycles. The fraction of sp³-hybridized carbons (Fsp3) is 0.200. The van der Waals surface area contributed by atoms with Gasteiger partial charge < -0.3 is 5.11 Å². The SMILES string of the molecule is CC=CCc1cn(CC=CC)c(=O)n1Cc1ccc(-c2ccccc2C(=O)O)cc1. The molecule has 0 aliphatic rings. The summed E-state index contributed by atoms with van der Waals surface area (Å²) in [6.45, 7) is 4.92. The average Bonchev–Trinajstić information content (AvgIpc) is 3.05. The minimum Gasteiger partial charge on any atom is -0.478 e. The van der Waals surface area contributed by atoms with Crippen LogP contribution in [0.4, 0.5) is 0 Å². The van der Waals surface area contributed by atoms with Gasteiger partial charge >= 0.3 is 11.7 Å². The molecule has 1 heterocycles. The summed E-state index contributed by atoms with van der Waals surface area (Å²) in [5.41, 5.74) is 3.70. The number of carboxylic acids is 1. The van der Waals surface area contributed by atoms with E-state index in [2.05, 4.69) is 0 Å². The fourth-order valence-electron chi connectivity index (χ4n) is 3.40. The molecule has 0 saturated heterocycles. The fourth-order valence-corrected chi connectivity index (χ4v) is 3.40. The quantitative estimate of drug-likeness (QED) is 0.553. The molecule has 3 aromatic rings. The Morgan fingerprint density at radius 3 is 2.37 bits per heavy atom. The zero-order valence-electron chi connectivity index (χ0n) is 17.3. The molecule has 3 rings (SSSR count). The largest absolute Gasteiger partial charge is 0.478 e. The predicted octanol–water partition coefficient (Wildman–Crippen LogP) is 4.76. The van der Waals surface area contributed by atoms with Crippen LogP contribution in [0, 0.1) is 0 Å². The standard InChI is InChI=1S/C25H26N2O3/c1-3-5-9-21-18-26(16-6-4-2)25(30)27(21)17-19-12-14-20(15-13-19)22-10-7-8-11-23(22)24(28)29/h3-8,10-15,18H,9,16-17H2,1-2H3,(H,28,29). The molecule has 5 nitrogen and oxygen atoms in total. The number of hydrogen-bond acceptors (Lipinski definition) is 2. The summed E-state index contributed by atoms with van der Waals surface area (Å²) >= 11 is 0. The lowest BCUT2D eigenvalue weighted by molar-refractivity contribution is 0.0697. The molecule has 0 bridgehead atoms. The number of hydrogen-bond donors (Lipinski definition) is 1. The van der Waals surface area contributed by atoms with E-state index in [4.69, 9.17) is 0 Å². The number of allylic oxidation sites excluding steroid dienone is 4. The lowest BCUT2D eigenvalue weighted by Crippen LogP contribution is -2.25. The second-order valence-corrected chi connectivity index (χ2v) is 7.03. The van der Waals surface area contributed by atoms with Crippen molar-refractivity contribution in [3.63, 3.8) is 0 Å². The Labute approximate surface area is 176 Å². The molecule has 1 N–H and O–H groups in total. The van der Waals surface area contributed by atoms with Crippen molar-refractivity contribution in [3.8, 4) is 11.1 Å². The summed E-state index contributed by atoms with van der Waals surface area (Å²) in [7, 11) is 0. The maximum Gasteiger partial charge on any atom is 0.336 e. The summed E-state index contributed by atoms with van der Waals surface area (Å²) in [4.78, 5) is 24.4. The van der Waals surface area contributed by atoms with Crippen LogP contribution in [0.25, 0.3) is 11.1 Å². The van der Waals surface area contributed by atoms with Crippen molar-refractivity contribution in [1.82, 2.24) is 9.13 Å². The summed E-state index contributed by atoms with van der Waals surface area (Å²) in [5, 5.41) is 9.42. The van der Waals surface area contributed by atoms with Gasteiger partial charge in [0.05, 0.1) is 12.1 Å². The van der Waals surface area contributed by atoms with Crippen molar-refractivity contribution >= 4 is 5.97 Å². The van der Waals surface area contributed by atoms with E-state index < -0.39 is 5.97 Å². The Bertz CT molecular complexity index is 1130. The summed E-state index contributed by atoms with van der Waals surface area (Å²) in [5.74, 6) is -0.947. The molecule has 0 fully saturated rings. The number of nitrogens with zero attached hydrogens (tertiary/aromatic N) is 2. The summed E-state index contributed by atoms with van der Waals surface area (Å²) in [6, 6.07) is 14.7. The minimum atomic E-state index is -0.947. The number of aromatic nitrogens is 2. The van der Waals surface area contributed by atoms with Crippen molar-refractivity contribution in [1.29, 1.82) is 0 Å². The van der Waals surface area contributed by atoms with E-state index in [-0.39, 0.29) is 11.3 Å². The van der Waals surface area contributed by atoms with Crippen LogP contribution in [0.1, 0.15) is 35.5 Å². The molecule has 0 aliphatic heterocycles. The van der Waals surface area contributed by atoms with Gasteiger partial charge in [-0.1, -0.05) is 66.8 Å². The van der Waals surface area contributed by atoms with Gasteiger partial charge in [0, 0.05) is 24.9 Å². The van der Waals surface area contributed by atoms with Crippen LogP contribution < -0.4 is 5.69 Å². The van der Waals surface area contributed by atoms with E-state index in [1.807, 2.05) is 74.7 Å². The minimum absolute atomic E-state index is 0.0343. The van der Waals surface area contributed by atoms with Crippen LogP contribution in [0.5, 0.6) is 0 Å². The van der Waals surface area contributed by atoms with Crippen molar-refractivity contribution < 1.29 is 9.90 Å². The first-order valence-corrected chi connectivity index (χ1v) is 9.98. The average molecular weight is 402 g/mol. The highest BCUT2D eigenvalue weighted by Gasteiger charge is 2.12. The second kappa shape index (κ2) is 9.74. The van der Waals surface area contributed by atoms with Crippen molar-refractivity contribution in [2.75, 3.05) is 0 Å². The lowest BCUT2D eigenvalue weighted by Gasteiger charge is -2.09. The number of benzene rings is 2. The zero-order valence-corrected chi connectivity index (χ0v) is 17.3. The predicted molar refractivity (Wildman–Crippen MR) is 120 cm³/mol. The van der Waals surface area contributed by atoms with E-state index in [0.717, 1.165) is 16.8 Å². The monoisotopic (exact) mass is 402 g/mol. The molecule has 1 aromatic heterocycles. The van der Waals surface area contributed by atoms with E-state index in [1.54, 1.807) is 27.3 Å². The van der Waals surface area contributed by atoms with Crippen molar-refractivity contribution in [2.45, 2.75) is 33.4 Å². The molecule has 154 valence electrons. The normalized spacial score (nSPS) is 11.5. The third-order valence-electron chi connectivity index (χ3n) is 4.99. The Balaban J connectivity index is 1.91. The third kappa shape index (κ3) is 4.69. The summed E-state index contributed by atoms with van der Waals surface area (Å²) in [6.07, 6.45) is 10.5. The van der Waals surface area contributed by atoms with Gasteiger partial charge in [0.25, 0.3) is 0 Å². The smallest absolute Gasteiger partial charge is 0.336 e. The van der Waals surface area contributed by atoms with Gasteiger partial charge in [-0.05, 0) is 36.6 Å². The maximum atomic E-state index is 12.9. The van der Waals surface area contributed by atoms with Gasteiger partial charge in [0.1, 0.15) is 0 Å². The molecular formula is C25H26N2O3. The second-order valence-electron chi connectivity index (χ2n) is 7.03.